The fourth-order valence-electron chi connectivity index (χ4n) is 1.37. The van der Waals surface area contributed by atoms with Crippen molar-refractivity contribution in [2.24, 2.45) is 0 Å². The van der Waals surface area contributed by atoms with Crippen LogP contribution in [0.2, 0.25) is 0 Å². The van der Waals surface area contributed by atoms with Crippen LogP contribution in [-0.4, -0.2) is 31.0 Å². The molecule has 0 unspecified atom stereocenters. The summed E-state index contributed by atoms with van der Waals surface area (Å²) < 4.78 is 0. The molecule has 2 aromatic rings. The molecule has 92 valence electrons. The normalized spacial score (nSPS) is 10.3. The summed E-state index contributed by atoms with van der Waals surface area (Å²) >= 11 is 1.09. The standard InChI is InChI=1S/C11H10N4O2S/c1-6-5-7(2)15-11(14-6)18-9-8(10(16)17)12-3-4-13-9/h3-5H,1-2H3,(H,16,17). The quantitative estimate of drug-likeness (QED) is 0.842. The van der Waals surface area contributed by atoms with Crippen LogP contribution in [0.4, 0.5) is 0 Å². The van der Waals surface area contributed by atoms with Gasteiger partial charge < -0.3 is 5.11 Å². The largest absolute Gasteiger partial charge is 0.476 e. The number of aryl methyl sites for hydroxylation is 2. The van der Waals surface area contributed by atoms with Crippen molar-refractivity contribution in [3.8, 4) is 0 Å². The molecule has 0 spiro atoms. The van der Waals surface area contributed by atoms with Gasteiger partial charge in [-0.15, -0.1) is 0 Å². The molecule has 2 aromatic heterocycles. The number of aromatic carboxylic acids is 1. The average molecular weight is 262 g/mol. The van der Waals surface area contributed by atoms with Gasteiger partial charge in [0.25, 0.3) is 0 Å². The fourth-order valence-corrected chi connectivity index (χ4v) is 2.27. The number of aromatic nitrogens is 4. The third-order valence-corrected chi connectivity index (χ3v) is 2.87. The smallest absolute Gasteiger partial charge is 0.357 e. The number of hydrogen-bond acceptors (Lipinski definition) is 6. The highest BCUT2D eigenvalue weighted by atomic mass is 32.2. The van der Waals surface area contributed by atoms with Crippen LogP contribution < -0.4 is 0 Å². The Bertz CT molecular complexity index is 583. The Morgan fingerprint density at radius 2 is 1.78 bits per heavy atom. The van der Waals surface area contributed by atoms with E-state index in [2.05, 4.69) is 19.9 Å². The van der Waals surface area contributed by atoms with Gasteiger partial charge in [-0.25, -0.2) is 24.7 Å². The SMILES string of the molecule is Cc1cc(C)nc(Sc2nccnc2C(=O)O)n1. The lowest BCUT2D eigenvalue weighted by Gasteiger charge is -2.03. The first-order valence-electron chi connectivity index (χ1n) is 5.10. The molecule has 0 aliphatic heterocycles. The first kappa shape index (κ1) is 12.4. The van der Waals surface area contributed by atoms with Gasteiger partial charge in [-0.3, -0.25) is 0 Å². The van der Waals surface area contributed by atoms with Crippen LogP contribution in [0, 0.1) is 13.8 Å². The van der Waals surface area contributed by atoms with E-state index >= 15 is 0 Å². The molecular formula is C11H10N4O2S. The molecule has 0 bridgehead atoms. The summed E-state index contributed by atoms with van der Waals surface area (Å²) in [5.74, 6) is -1.12. The Hall–Kier alpha value is -2.02. The van der Waals surface area contributed by atoms with Crippen molar-refractivity contribution in [2.75, 3.05) is 0 Å². The fraction of sp³-hybridized carbons (Fsp3) is 0.182. The van der Waals surface area contributed by atoms with Gasteiger partial charge in [0.1, 0.15) is 5.03 Å². The van der Waals surface area contributed by atoms with Gasteiger partial charge in [-0.05, 0) is 31.7 Å². The Morgan fingerprint density at radius 1 is 1.17 bits per heavy atom. The minimum Gasteiger partial charge on any atom is -0.476 e. The highest BCUT2D eigenvalue weighted by Crippen LogP contribution is 2.25. The molecule has 0 fully saturated rings. The van der Waals surface area contributed by atoms with Crippen molar-refractivity contribution in [1.82, 2.24) is 19.9 Å². The van der Waals surface area contributed by atoms with Crippen LogP contribution in [0.1, 0.15) is 21.9 Å². The Kier molecular flexibility index (Phi) is 3.52. The zero-order valence-electron chi connectivity index (χ0n) is 9.78. The van der Waals surface area contributed by atoms with E-state index in [9.17, 15) is 4.79 Å². The van der Waals surface area contributed by atoms with Gasteiger partial charge in [-0.1, -0.05) is 0 Å². The van der Waals surface area contributed by atoms with Crippen LogP contribution in [-0.2, 0) is 0 Å². The molecule has 0 saturated carbocycles. The molecule has 18 heavy (non-hydrogen) atoms. The maximum absolute atomic E-state index is 11.0. The van der Waals surface area contributed by atoms with Crippen molar-refractivity contribution < 1.29 is 9.90 Å². The van der Waals surface area contributed by atoms with Gasteiger partial charge in [-0.2, -0.15) is 0 Å². The number of nitrogens with zero attached hydrogens (tertiary/aromatic N) is 4. The third kappa shape index (κ3) is 2.80. The van der Waals surface area contributed by atoms with Crippen LogP contribution in [0.5, 0.6) is 0 Å². The second-order valence-electron chi connectivity index (χ2n) is 3.55. The van der Waals surface area contributed by atoms with Gasteiger partial charge in [0.15, 0.2) is 10.9 Å². The first-order valence-corrected chi connectivity index (χ1v) is 5.92. The molecule has 0 aromatic carbocycles. The van der Waals surface area contributed by atoms with Gasteiger partial charge in [0, 0.05) is 23.8 Å². The number of hydrogen-bond donors (Lipinski definition) is 1. The molecule has 0 saturated heterocycles. The van der Waals surface area contributed by atoms with Crippen LogP contribution >= 0.6 is 11.8 Å². The summed E-state index contributed by atoms with van der Waals surface area (Å²) in [7, 11) is 0. The molecule has 0 aliphatic carbocycles. The summed E-state index contributed by atoms with van der Waals surface area (Å²) in [6.07, 6.45) is 2.79. The number of carbonyl (C=O) groups is 1. The predicted molar refractivity (Wildman–Crippen MR) is 64.6 cm³/mol. The molecule has 2 rings (SSSR count). The van der Waals surface area contributed by atoms with Crippen molar-refractivity contribution in [3.63, 3.8) is 0 Å². The number of carboxylic acids is 1. The van der Waals surface area contributed by atoms with Crippen molar-refractivity contribution in [1.29, 1.82) is 0 Å². The summed E-state index contributed by atoms with van der Waals surface area (Å²) in [5.41, 5.74) is 1.56. The van der Waals surface area contributed by atoms with Crippen LogP contribution in [0.3, 0.4) is 0 Å². The Morgan fingerprint density at radius 3 is 2.39 bits per heavy atom. The molecule has 0 atom stereocenters. The van der Waals surface area contributed by atoms with E-state index in [-0.39, 0.29) is 10.7 Å². The molecule has 1 N–H and O–H groups in total. The maximum Gasteiger partial charge on any atom is 0.357 e. The van der Waals surface area contributed by atoms with E-state index in [0.29, 0.717) is 5.16 Å². The van der Waals surface area contributed by atoms with Crippen LogP contribution in [0.15, 0.2) is 28.6 Å². The summed E-state index contributed by atoms with van der Waals surface area (Å²) in [5, 5.41) is 9.75. The van der Waals surface area contributed by atoms with E-state index in [1.54, 1.807) is 0 Å². The lowest BCUT2D eigenvalue weighted by Crippen LogP contribution is -2.04. The van der Waals surface area contributed by atoms with E-state index in [1.807, 2.05) is 19.9 Å². The average Bonchev–Trinajstić information content (AvgIpc) is 2.27. The van der Waals surface area contributed by atoms with Gasteiger partial charge >= 0.3 is 5.97 Å². The number of rotatable bonds is 3. The first-order chi connectivity index (χ1) is 8.56. The maximum atomic E-state index is 11.0. The summed E-state index contributed by atoms with van der Waals surface area (Å²) in [6.45, 7) is 3.71. The Labute approximate surface area is 108 Å². The molecular weight excluding hydrogens is 252 g/mol. The van der Waals surface area contributed by atoms with Crippen molar-refractivity contribution in [3.05, 3.63) is 35.5 Å². The molecule has 2 heterocycles. The number of carboxylic acid groups (broad SMARTS) is 1. The Balaban J connectivity index is 2.37. The van der Waals surface area contributed by atoms with Crippen LogP contribution in [0.25, 0.3) is 0 Å². The van der Waals surface area contributed by atoms with E-state index in [0.717, 1.165) is 23.1 Å². The highest BCUT2D eigenvalue weighted by Gasteiger charge is 2.15. The lowest BCUT2D eigenvalue weighted by atomic mass is 10.4. The van der Waals surface area contributed by atoms with E-state index in [1.165, 1.54) is 12.4 Å². The van der Waals surface area contributed by atoms with Gasteiger partial charge in [0.05, 0.1) is 0 Å². The summed E-state index contributed by atoms with van der Waals surface area (Å²) in [6, 6.07) is 1.85. The topological polar surface area (TPSA) is 88.9 Å². The zero-order valence-corrected chi connectivity index (χ0v) is 10.6. The molecule has 6 nitrogen and oxygen atoms in total. The van der Waals surface area contributed by atoms with Gasteiger partial charge in [0.2, 0.25) is 0 Å². The monoisotopic (exact) mass is 262 g/mol. The molecule has 0 aliphatic rings. The second kappa shape index (κ2) is 5.09. The lowest BCUT2D eigenvalue weighted by molar-refractivity contribution is 0.0685. The van der Waals surface area contributed by atoms with E-state index in [4.69, 9.17) is 5.11 Å². The van der Waals surface area contributed by atoms with E-state index < -0.39 is 5.97 Å². The second-order valence-corrected chi connectivity index (χ2v) is 4.51. The third-order valence-electron chi connectivity index (χ3n) is 2.02. The zero-order chi connectivity index (χ0) is 13.1. The molecule has 7 heteroatoms. The minimum absolute atomic E-state index is 0.0924. The summed E-state index contributed by atoms with van der Waals surface area (Å²) in [4.78, 5) is 27.2. The molecule has 0 radical (unpaired) electrons. The minimum atomic E-state index is -1.12. The predicted octanol–water partition coefficient (Wildman–Crippen LogP) is 1.73. The highest BCUT2D eigenvalue weighted by molar-refractivity contribution is 7.99. The van der Waals surface area contributed by atoms with Crippen molar-refractivity contribution >= 4 is 17.7 Å². The molecule has 0 amide bonds. The van der Waals surface area contributed by atoms with Crippen molar-refractivity contribution in [2.45, 2.75) is 24.0 Å².